The topological polar surface area (TPSA) is 6.48 Å². The number of hydrogen-bond acceptors (Lipinski definition) is 3. The van der Waals surface area contributed by atoms with Crippen LogP contribution in [0, 0.1) is 13.8 Å². The molecular formula is C72H85BN2S. The second kappa shape index (κ2) is 15.8. The molecule has 0 atom stereocenters. The molecule has 0 unspecified atom stereocenters. The predicted molar refractivity (Wildman–Crippen MR) is 332 cm³/mol. The van der Waals surface area contributed by atoms with Crippen LogP contribution in [-0.2, 0) is 43.3 Å². The molecule has 6 aliphatic rings. The molecule has 0 saturated carbocycles. The van der Waals surface area contributed by atoms with Crippen molar-refractivity contribution < 1.29 is 0 Å². The number of aryl methyl sites for hydroxylation is 2. The summed E-state index contributed by atoms with van der Waals surface area (Å²) >= 11 is 2.10. The van der Waals surface area contributed by atoms with Gasteiger partial charge in [-0.15, -0.1) is 11.3 Å². The smallest absolute Gasteiger partial charge is 0.264 e. The molecule has 13 rings (SSSR count). The van der Waals surface area contributed by atoms with Gasteiger partial charge in [0.05, 0.1) is 5.69 Å². The summed E-state index contributed by atoms with van der Waals surface area (Å²) in [5.41, 5.74) is 28.9. The van der Waals surface area contributed by atoms with Gasteiger partial charge in [-0.3, -0.25) is 0 Å². The first-order valence-corrected chi connectivity index (χ1v) is 30.2. The van der Waals surface area contributed by atoms with E-state index in [0.29, 0.717) is 0 Å². The quantitative estimate of drug-likeness (QED) is 0.163. The summed E-state index contributed by atoms with van der Waals surface area (Å²) in [4.78, 5) is 5.58. The lowest BCUT2D eigenvalue weighted by atomic mass is 9.35. The molecule has 1 aromatic heterocycles. The molecule has 0 fully saturated rings. The van der Waals surface area contributed by atoms with E-state index in [9.17, 15) is 0 Å². The van der Waals surface area contributed by atoms with Gasteiger partial charge in [0, 0.05) is 43.3 Å². The van der Waals surface area contributed by atoms with Gasteiger partial charge in [-0.2, -0.15) is 0 Å². The fourth-order valence-electron chi connectivity index (χ4n) is 16.0. The molecule has 7 aromatic rings. The zero-order valence-corrected chi connectivity index (χ0v) is 50.5. The highest BCUT2D eigenvalue weighted by atomic mass is 32.1. The van der Waals surface area contributed by atoms with Crippen LogP contribution in [0.2, 0.25) is 0 Å². The maximum Gasteiger partial charge on any atom is 0.264 e. The predicted octanol–water partition coefficient (Wildman–Crippen LogP) is 18.7. The molecular weight excluding hydrogens is 936 g/mol. The molecule has 2 nitrogen and oxygen atoms in total. The van der Waals surface area contributed by atoms with Crippen LogP contribution in [0.4, 0.5) is 34.1 Å². The van der Waals surface area contributed by atoms with Crippen molar-refractivity contribution in [1.82, 2.24) is 0 Å². The van der Waals surface area contributed by atoms with Gasteiger partial charge in [-0.25, -0.2) is 0 Å². The number of fused-ring (bicyclic) bond motifs is 10. The van der Waals surface area contributed by atoms with E-state index in [-0.39, 0.29) is 50.0 Å². The van der Waals surface area contributed by atoms with Crippen molar-refractivity contribution in [3.8, 4) is 11.1 Å². The van der Waals surface area contributed by atoms with E-state index in [2.05, 4.69) is 237 Å². The molecule has 392 valence electrons. The molecule has 0 spiro atoms. The molecule has 0 amide bonds. The number of anilines is 6. The number of thiophene rings is 1. The zero-order chi connectivity index (χ0) is 54.0. The molecule has 0 saturated heterocycles. The summed E-state index contributed by atoms with van der Waals surface area (Å²) in [7, 11) is 0. The third-order valence-electron chi connectivity index (χ3n) is 21.6. The van der Waals surface area contributed by atoms with Crippen molar-refractivity contribution in [1.29, 1.82) is 0 Å². The first-order valence-electron chi connectivity index (χ1n) is 29.4. The Morgan fingerprint density at radius 3 is 1.28 bits per heavy atom. The summed E-state index contributed by atoms with van der Waals surface area (Å²) in [6.45, 7) is 44.7. The molecule has 6 aromatic carbocycles. The third-order valence-corrected chi connectivity index (χ3v) is 22.8. The molecule has 4 heteroatoms. The Bertz CT molecular complexity index is 3640. The van der Waals surface area contributed by atoms with Crippen LogP contribution in [-0.4, -0.2) is 6.71 Å². The van der Waals surface area contributed by atoms with Gasteiger partial charge in [0.25, 0.3) is 6.71 Å². The van der Waals surface area contributed by atoms with E-state index in [0.717, 1.165) is 0 Å². The monoisotopic (exact) mass is 1020 g/mol. The number of benzene rings is 6. The van der Waals surface area contributed by atoms with E-state index in [1.807, 2.05) is 0 Å². The van der Waals surface area contributed by atoms with Crippen LogP contribution < -0.4 is 25.5 Å². The Balaban J connectivity index is 1.21. The largest absolute Gasteiger partial charge is 0.311 e. The highest BCUT2D eigenvalue weighted by Crippen LogP contribution is 2.57. The standard InChI is InChI=1S/C72H85BN2S/c1-42-20-19-21-43(2)61(42)44-34-58-62-59(35-44)75(46-23-25-49-51(37-46)68(9,10)29-27-66(49,5)6)63-47-38-52-55(72(17,18)33-30-69(52,11)12)41-60(47)76-64(63)73(62)56-39-53-54(71(15,16)32-31-70(53,13)14)40-57(56)74(58)45-22-24-48-50(36-45)67(7,8)28-26-65(48,3)4/h19-25,34-41H,26-33H2,1-18H3. The summed E-state index contributed by atoms with van der Waals surface area (Å²) in [6, 6.07) is 38.4. The summed E-state index contributed by atoms with van der Waals surface area (Å²) in [5, 5.41) is 1.41. The Morgan fingerprint density at radius 2 is 0.789 bits per heavy atom. The van der Waals surface area contributed by atoms with E-state index in [1.165, 1.54) is 172 Å². The highest BCUT2D eigenvalue weighted by Gasteiger charge is 2.50. The van der Waals surface area contributed by atoms with Gasteiger partial charge in [0.2, 0.25) is 0 Å². The second-order valence-electron chi connectivity index (χ2n) is 30.5. The summed E-state index contributed by atoms with van der Waals surface area (Å²) < 4.78 is 2.91. The SMILES string of the molecule is Cc1cccc(C)c1-c1cc2c3c(c1)N(c1ccc4c(c1)C(C)(C)CCC4(C)C)c1c(sc4cc5c(cc14)C(C)(C)CCC5(C)C)B3c1cc3c(cc1N2c1ccc2c(c1)C(C)(C)CCC2(C)C)C(C)(C)CCC3(C)C. The zero-order valence-electron chi connectivity index (χ0n) is 49.7. The normalized spacial score (nSPS) is 21.9. The van der Waals surface area contributed by atoms with Gasteiger partial charge in [-0.05, 0) is 241 Å². The molecule has 0 bridgehead atoms. The van der Waals surface area contributed by atoms with Crippen LogP contribution in [0.15, 0.2) is 91.0 Å². The average Bonchev–Trinajstić information content (AvgIpc) is 3.91. The maximum atomic E-state index is 2.80. The maximum absolute atomic E-state index is 2.80. The fourth-order valence-corrected chi connectivity index (χ4v) is 17.3. The van der Waals surface area contributed by atoms with Gasteiger partial charge in [-0.1, -0.05) is 147 Å². The van der Waals surface area contributed by atoms with Crippen LogP contribution in [0.25, 0.3) is 21.2 Å². The van der Waals surface area contributed by atoms with Crippen LogP contribution in [0.3, 0.4) is 0 Å². The lowest BCUT2D eigenvalue weighted by Crippen LogP contribution is -2.61. The van der Waals surface area contributed by atoms with Crippen molar-refractivity contribution in [2.24, 2.45) is 0 Å². The summed E-state index contributed by atoms with van der Waals surface area (Å²) in [5.74, 6) is 0. The van der Waals surface area contributed by atoms with Gasteiger partial charge >= 0.3 is 0 Å². The van der Waals surface area contributed by atoms with Crippen molar-refractivity contribution in [3.63, 3.8) is 0 Å². The van der Waals surface area contributed by atoms with Gasteiger partial charge in [0.1, 0.15) is 0 Å². The van der Waals surface area contributed by atoms with E-state index < -0.39 is 0 Å². The lowest BCUT2D eigenvalue weighted by molar-refractivity contribution is 0.332. The van der Waals surface area contributed by atoms with Crippen LogP contribution in [0.5, 0.6) is 0 Å². The molecule has 4 aliphatic carbocycles. The highest BCUT2D eigenvalue weighted by molar-refractivity contribution is 7.33. The fraction of sp³-hybridized carbons (Fsp3) is 0.472. The van der Waals surface area contributed by atoms with Crippen molar-refractivity contribution in [2.45, 2.75) is 219 Å². The van der Waals surface area contributed by atoms with E-state index in [1.54, 1.807) is 5.56 Å². The molecule has 0 radical (unpaired) electrons. The first-order chi connectivity index (χ1) is 35.4. The third kappa shape index (κ3) is 7.15. The Morgan fingerprint density at radius 1 is 0.395 bits per heavy atom. The number of nitrogens with zero attached hydrogens (tertiary/aromatic N) is 2. The lowest BCUT2D eigenvalue weighted by Gasteiger charge is -2.48. The minimum Gasteiger partial charge on any atom is -0.311 e. The van der Waals surface area contributed by atoms with E-state index in [4.69, 9.17) is 0 Å². The molecule has 2 aliphatic heterocycles. The molecule has 3 heterocycles. The molecule has 76 heavy (non-hydrogen) atoms. The van der Waals surface area contributed by atoms with Crippen molar-refractivity contribution in [3.05, 3.63) is 147 Å². The Hall–Kier alpha value is -5.06. The first kappa shape index (κ1) is 50.4. The Labute approximate surface area is 462 Å². The van der Waals surface area contributed by atoms with Gasteiger partial charge in [0.15, 0.2) is 0 Å². The minimum atomic E-state index is 0.0390. The van der Waals surface area contributed by atoms with Crippen molar-refractivity contribution in [2.75, 3.05) is 9.80 Å². The van der Waals surface area contributed by atoms with Crippen LogP contribution in [0.1, 0.15) is 218 Å². The number of hydrogen-bond donors (Lipinski definition) is 0. The van der Waals surface area contributed by atoms with E-state index >= 15 is 0 Å². The van der Waals surface area contributed by atoms with Gasteiger partial charge < -0.3 is 9.80 Å². The Kier molecular flexibility index (Phi) is 10.5. The van der Waals surface area contributed by atoms with Crippen LogP contribution >= 0.6 is 11.3 Å². The summed E-state index contributed by atoms with van der Waals surface area (Å²) in [6.07, 6.45) is 9.51. The minimum absolute atomic E-state index is 0.0390. The average molecular weight is 1020 g/mol. The number of rotatable bonds is 3. The van der Waals surface area contributed by atoms with Crippen molar-refractivity contribution >= 4 is 78.0 Å². The molecule has 0 N–H and O–H groups in total. The second-order valence-corrected chi connectivity index (χ2v) is 31.6.